The van der Waals surface area contributed by atoms with Crippen LogP contribution in [-0.2, 0) is 11.3 Å². The minimum absolute atomic E-state index is 0.00403. The molecule has 0 saturated heterocycles. The third-order valence-electron chi connectivity index (χ3n) is 2.76. The van der Waals surface area contributed by atoms with E-state index in [-0.39, 0.29) is 5.60 Å². The molecule has 1 rings (SSSR count). The van der Waals surface area contributed by atoms with Gasteiger partial charge in [-0.05, 0) is 52.8 Å². The van der Waals surface area contributed by atoms with Gasteiger partial charge in [0.2, 0.25) is 0 Å². The third kappa shape index (κ3) is 7.46. The minimum atomic E-state index is -0.00403. The molecule has 0 aliphatic carbocycles. The maximum absolute atomic E-state index is 5.71. The second-order valence-corrected chi connectivity index (χ2v) is 5.89. The van der Waals surface area contributed by atoms with Gasteiger partial charge >= 0.3 is 0 Å². The molecule has 0 amide bonds. The van der Waals surface area contributed by atoms with Crippen LogP contribution in [0.3, 0.4) is 0 Å². The van der Waals surface area contributed by atoms with E-state index >= 15 is 0 Å². The molecule has 1 aromatic carbocycles. The van der Waals surface area contributed by atoms with Crippen LogP contribution in [0.2, 0.25) is 0 Å². The van der Waals surface area contributed by atoms with E-state index < -0.39 is 0 Å². The Bertz CT molecular complexity index is 316. The Morgan fingerprint density at radius 1 is 1.06 bits per heavy atom. The first-order valence-corrected chi connectivity index (χ1v) is 6.84. The lowest BCUT2D eigenvalue weighted by atomic mass is 10.2. The fraction of sp³-hybridized carbons (Fsp3) is 0.625. The van der Waals surface area contributed by atoms with Gasteiger partial charge in [-0.15, -0.1) is 0 Å². The smallest absolute Gasteiger partial charge is 0.0598 e. The van der Waals surface area contributed by atoms with Gasteiger partial charge in [0.25, 0.3) is 0 Å². The molecule has 0 fully saturated rings. The normalized spacial score (nSPS) is 12.1. The third-order valence-corrected chi connectivity index (χ3v) is 2.76. The Morgan fingerprint density at radius 2 is 1.72 bits per heavy atom. The monoisotopic (exact) mass is 249 g/mol. The van der Waals surface area contributed by atoms with E-state index in [1.54, 1.807) is 0 Å². The quantitative estimate of drug-likeness (QED) is 0.683. The standard InChI is InChI=1S/C16H27NO/c1-16(2,3)18-13-9-8-12-17(4)14-15-10-6-5-7-11-15/h5-7,10-11H,8-9,12-14H2,1-4H3. The Balaban J connectivity index is 2.09. The average molecular weight is 249 g/mol. The SMILES string of the molecule is CN(CCCCOC(C)(C)C)Cc1ccccc1. The van der Waals surface area contributed by atoms with Crippen molar-refractivity contribution in [3.8, 4) is 0 Å². The van der Waals surface area contributed by atoms with Crippen LogP contribution in [-0.4, -0.2) is 30.7 Å². The topological polar surface area (TPSA) is 12.5 Å². The number of benzene rings is 1. The van der Waals surface area contributed by atoms with Gasteiger partial charge in [-0.2, -0.15) is 0 Å². The van der Waals surface area contributed by atoms with E-state index in [2.05, 4.69) is 63.1 Å². The lowest BCUT2D eigenvalue weighted by Crippen LogP contribution is -2.22. The van der Waals surface area contributed by atoms with Crippen LogP contribution >= 0.6 is 0 Å². The second-order valence-electron chi connectivity index (χ2n) is 5.89. The van der Waals surface area contributed by atoms with Crippen LogP contribution in [0.25, 0.3) is 0 Å². The zero-order chi connectivity index (χ0) is 13.4. The summed E-state index contributed by atoms with van der Waals surface area (Å²) >= 11 is 0. The van der Waals surface area contributed by atoms with Crippen LogP contribution in [0.1, 0.15) is 39.2 Å². The number of rotatable bonds is 7. The summed E-state index contributed by atoms with van der Waals surface area (Å²) in [7, 11) is 2.18. The van der Waals surface area contributed by atoms with Crippen LogP contribution in [0.4, 0.5) is 0 Å². The molecular formula is C16H27NO. The zero-order valence-electron chi connectivity index (χ0n) is 12.3. The first-order valence-electron chi connectivity index (χ1n) is 6.84. The number of unbranched alkanes of at least 4 members (excludes halogenated alkanes) is 1. The summed E-state index contributed by atoms with van der Waals surface area (Å²) in [6, 6.07) is 10.6. The molecule has 0 unspecified atom stereocenters. The van der Waals surface area contributed by atoms with Gasteiger partial charge in [-0.1, -0.05) is 30.3 Å². The molecule has 0 aromatic heterocycles. The van der Waals surface area contributed by atoms with Gasteiger partial charge < -0.3 is 9.64 Å². The molecular weight excluding hydrogens is 222 g/mol. The number of ether oxygens (including phenoxy) is 1. The summed E-state index contributed by atoms with van der Waals surface area (Å²) < 4.78 is 5.71. The summed E-state index contributed by atoms with van der Waals surface area (Å²) in [5, 5.41) is 0. The molecule has 102 valence electrons. The summed E-state index contributed by atoms with van der Waals surface area (Å²) in [6.07, 6.45) is 2.33. The molecule has 2 heteroatoms. The maximum Gasteiger partial charge on any atom is 0.0598 e. The molecule has 0 saturated carbocycles. The Labute approximate surface area is 112 Å². The van der Waals surface area contributed by atoms with Crippen molar-refractivity contribution in [1.29, 1.82) is 0 Å². The van der Waals surface area contributed by atoms with E-state index in [9.17, 15) is 0 Å². The predicted molar refractivity (Wildman–Crippen MR) is 77.7 cm³/mol. The zero-order valence-corrected chi connectivity index (χ0v) is 12.3. The summed E-state index contributed by atoms with van der Waals surface area (Å²) in [5.74, 6) is 0. The lowest BCUT2D eigenvalue weighted by molar-refractivity contribution is -0.00516. The molecule has 0 aliphatic heterocycles. The lowest BCUT2D eigenvalue weighted by Gasteiger charge is -2.20. The highest BCUT2D eigenvalue weighted by molar-refractivity contribution is 5.14. The first kappa shape index (κ1) is 15.2. The van der Waals surface area contributed by atoms with Gasteiger partial charge in [0.15, 0.2) is 0 Å². The maximum atomic E-state index is 5.71. The van der Waals surface area contributed by atoms with Crippen LogP contribution in [0, 0.1) is 0 Å². The van der Waals surface area contributed by atoms with Crippen molar-refractivity contribution in [2.24, 2.45) is 0 Å². The van der Waals surface area contributed by atoms with Gasteiger partial charge in [-0.3, -0.25) is 0 Å². The van der Waals surface area contributed by atoms with E-state index in [0.717, 1.165) is 26.1 Å². The van der Waals surface area contributed by atoms with Crippen molar-refractivity contribution in [1.82, 2.24) is 4.90 Å². The fourth-order valence-corrected chi connectivity index (χ4v) is 1.84. The van der Waals surface area contributed by atoms with Crippen molar-refractivity contribution in [3.05, 3.63) is 35.9 Å². The predicted octanol–water partition coefficient (Wildman–Crippen LogP) is 3.71. The molecule has 0 N–H and O–H groups in total. The van der Waals surface area contributed by atoms with Crippen LogP contribution < -0.4 is 0 Å². The fourth-order valence-electron chi connectivity index (χ4n) is 1.84. The summed E-state index contributed by atoms with van der Waals surface area (Å²) in [5.41, 5.74) is 1.38. The number of nitrogens with zero attached hydrogens (tertiary/aromatic N) is 1. The van der Waals surface area contributed by atoms with Crippen LogP contribution in [0.5, 0.6) is 0 Å². The first-order chi connectivity index (χ1) is 8.47. The highest BCUT2D eigenvalue weighted by Crippen LogP contribution is 2.08. The Hall–Kier alpha value is -0.860. The molecule has 0 heterocycles. The van der Waals surface area contributed by atoms with Crippen molar-refractivity contribution >= 4 is 0 Å². The van der Waals surface area contributed by atoms with E-state index in [4.69, 9.17) is 4.74 Å². The Morgan fingerprint density at radius 3 is 2.33 bits per heavy atom. The van der Waals surface area contributed by atoms with Crippen molar-refractivity contribution < 1.29 is 4.74 Å². The highest BCUT2D eigenvalue weighted by atomic mass is 16.5. The molecule has 18 heavy (non-hydrogen) atoms. The average Bonchev–Trinajstić information content (AvgIpc) is 2.28. The largest absolute Gasteiger partial charge is 0.376 e. The molecule has 0 atom stereocenters. The summed E-state index contributed by atoms with van der Waals surface area (Å²) in [6.45, 7) is 9.34. The van der Waals surface area contributed by atoms with Gasteiger partial charge in [0.1, 0.15) is 0 Å². The van der Waals surface area contributed by atoms with Gasteiger partial charge in [0, 0.05) is 13.2 Å². The molecule has 1 aromatic rings. The van der Waals surface area contributed by atoms with Gasteiger partial charge in [-0.25, -0.2) is 0 Å². The van der Waals surface area contributed by atoms with Crippen LogP contribution in [0.15, 0.2) is 30.3 Å². The highest BCUT2D eigenvalue weighted by Gasteiger charge is 2.09. The van der Waals surface area contributed by atoms with Crippen molar-refractivity contribution in [3.63, 3.8) is 0 Å². The molecule has 0 aliphatic rings. The number of hydrogen-bond donors (Lipinski definition) is 0. The molecule has 0 spiro atoms. The van der Waals surface area contributed by atoms with Crippen molar-refractivity contribution in [2.75, 3.05) is 20.2 Å². The van der Waals surface area contributed by atoms with Crippen molar-refractivity contribution in [2.45, 2.75) is 45.8 Å². The second kappa shape index (κ2) is 7.55. The molecule has 0 bridgehead atoms. The van der Waals surface area contributed by atoms with E-state index in [0.29, 0.717) is 0 Å². The molecule has 2 nitrogen and oxygen atoms in total. The molecule has 0 radical (unpaired) electrons. The van der Waals surface area contributed by atoms with Gasteiger partial charge in [0.05, 0.1) is 5.60 Å². The minimum Gasteiger partial charge on any atom is -0.376 e. The van der Waals surface area contributed by atoms with E-state index in [1.807, 2.05) is 0 Å². The Kier molecular flexibility index (Phi) is 6.37. The summed E-state index contributed by atoms with van der Waals surface area (Å²) in [4.78, 5) is 2.37. The van der Waals surface area contributed by atoms with E-state index in [1.165, 1.54) is 12.0 Å². The number of hydrogen-bond acceptors (Lipinski definition) is 2.